The molecule has 0 aliphatic heterocycles. The summed E-state index contributed by atoms with van der Waals surface area (Å²) in [5.74, 6) is -0.525. The van der Waals surface area contributed by atoms with Crippen LogP contribution in [0.2, 0.25) is 0 Å². The number of aliphatic hydroxyl groups excluding tert-OH is 1. The minimum absolute atomic E-state index is 0.107. The molecular formula is C89H174O17P2. The predicted octanol–water partition coefficient (Wildman–Crippen LogP) is 27.4. The largest absolute Gasteiger partial charge is 0.472 e. The molecule has 3 unspecified atom stereocenters. The van der Waals surface area contributed by atoms with Crippen LogP contribution in [0, 0.1) is 11.8 Å². The maximum atomic E-state index is 13.2. The second kappa shape index (κ2) is 80.3. The number of phosphoric ester groups is 2. The number of rotatable bonds is 88. The molecule has 0 aromatic rings. The van der Waals surface area contributed by atoms with Gasteiger partial charge in [0, 0.05) is 25.7 Å². The summed E-state index contributed by atoms with van der Waals surface area (Å²) in [7, 11) is -9.93. The van der Waals surface area contributed by atoms with Crippen molar-refractivity contribution in [3.63, 3.8) is 0 Å². The third-order valence-corrected chi connectivity index (χ3v) is 23.2. The molecule has 0 aromatic carbocycles. The van der Waals surface area contributed by atoms with Gasteiger partial charge in [-0.05, 0) is 37.5 Å². The molecule has 108 heavy (non-hydrogen) atoms. The van der Waals surface area contributed by atoms with Gasteiger partial charge in [0.1, 0.15) is 19.3 Å². The smallest absolute Gasteiger partial charge is 0.462 e. The number of hydrogen-bond acceptors (Lipinski definition) is 15. The van der Waals surface area contributed by atoms with Gasteiger partial charge in [0.15, 0.2) is 12.2 Å². The van der Waals surface area contributed by atoms with Crippen molar-refractivity contribution >= 4 is 39.5 Å². The topological polar surface area (TPSA) is 237 Å². The molecule has 0 bridgehead atoms. The van der Waals surface area contributed by atoms with Crippen molar-refractivity contribution in [3.05, 3.63) is 0 Å². The molecule has 642 valence electrons. The fourth-order valence-corrected chi connectivity index (χ4v) is 15.5. The number of unbranched alkanes of at least 4 members (excludes halogenated alkanes) is 57. The Hall–Kier alpha value is -1.94. The number of phosphoric acid groups is 2. The van der Waals surface area contributed by atoms with E-state index in [1.54, 1.807) is 0 Å². The van der Waals surface area contributed by atoms with E-state index in [2.05, 4.69) is 41.5 Å². The molecule has 6 atom stereocenters. The summed E-state index contributed by atoms with van der Waals surface area (Å²) in [6.45, 7) is 9.69. The van der Waals surface area contributed by atoms with Crippen LogP contribution in [0.4, 0.5) is 0 Å². The van der Waals surface area contributed by atoms with Gasteiger partial charge in [-0.2, -0.15) is 0 Å². The quantitative estimate of drug-likeness (QED) is 0.0222. The van der Waals surface area contributed by atoms with Crippen LogP contribution in [0.3, 0.4) is 0 Å². The molecule has 0 fully saturated rings. The first-order valence-corrected chi connectivity index (χ1v) is 49.0. The van der Waals surface area contributed by atoms with Gasteiger partial charge in [0.25, 0.3) is 0 Å². The van der Waals surface area contributed by atoms with Gasteiger partial charge >= 0.3 is 39.5 Å². The summed E-state index contributed by atoms with van der Waals surface area (Å²) in [5.41, 5.74) is 0. The molecule has 0 aromatic heterocycles. The molecular weight excluding hydrogens is 1400 g/mol. The Morgan fingerprint density at radius 1 is 0.269 bits per heavy atom. The molecule has 0 saturated carbocycles. The highest BCUT2D eigenvalue weighted by molar-refractivity contribution is 7.47. The molecule has 0 saturated heterocycles. The summed E-state index contributed by atoms with van der Waals surface area (Å²) < 4.78 is 68.9. The first-order chi connectivity index (χ1) is 52.4. The van der Waals surface area contributed by atoms with Crippen molar-refractivity contribution in [1.29, 1.82) is 0 Å². The fraction of sp³-hybridized carbons (Fsp3) is 0.955. The van der Waals surface area contributed by atoms with E-state index >= 15 is 0 Å². The van der Waals surface area contributed by atoms with Crippen molar-refractivity contribution in [2.45, 2.75) is 496 Å². The number of carbonyl (C=O) groups excluding carboxylic acids is 4. The van der Waals surface area contributed by atoms with E-state index < -0.39 is 97.5 Å². The van der Waals surface area contributed by atoms with Crippen LogP contribution in [-0.2, 0) is 65.4 Å². The second-order valence-corrected chi connectivity index (χ2v) is 35.6. The zero-order chi connectivity index (χ0) is 79.2. The average molecular weight is 1580 g/mol. The maximum absolute atomic E-state index is 13.2. The lowest BCUT2D eigenvalue weighted by atomic mass is 9.99. The van der Waals surface area contributed by atoms with E-state index in [-0.39, 0.29) is 25.7 Å². The van der Waals surface area contributed by atoms with Crippen molar-refractivity contribution in [2.24, 2.45) is 11.8 Å². The number of hydrogen-bond donors (Lipinski definition) is 3. The van der Waals surface area contributed by atoms with Gasteiger partial charge in [-0.3, -0.25) is 37.3 Å². The monoisotopic (exact) mass is 1580 g/mol. The predicted molar refractivity (Wildman–Crippen MR) is 446 cm³/mol. The van der Waals surface area contributed by atoms with E-state index in [1.807, 2.05) is 0 Å². The highest BCUT2D eigenvalue weighted by Crippen LogP contribution is 2.45. The summed E-state index contributed by atoms with van der Waals surface area (Å²) in [4.78, 5) is 73.3. The van der Waals surface area contributed by atoms with E-state index in [0.29, 0.717) is 31.6 Å². The number of ether oxygens (including phenoxy) is 4. The van der Waals surface area contributed by atoms with E-state index in [1.165, 1.54) is 289 Å². The molecule has 0 rings (SSSR count). The second-order valence-electron chi connectivity index (χ2n) is 32.7. The van der Waals surface area contributed by atoms with Crippen LogP contribution < -0.4 is 0 Å². The maximum Gasteiger partial charge on any atom is 0.472 e. The lowest BCUT2D eigenvalue weighted by Crippen LogP contribution is -2.30. The van der Waals surface area contributed by atoms with E-state index in [9.17, 15) is 43.2 Å². The molecule has 3 N–H and O–H groups in total. The Balaban J connectivity index is 5.20. The Labute approximate surface area is 664 Å². The van der Waals surface area contributed by atoms with Crippen LogP contribution in [0.25, 0.3) is 0 Å². The van der Waals surface area contributed by atoms with Crippen LogP contribution >= 0.6 is 15.6 Å². The molecule has 0 aliphatic rings. The van der Waals surface area contributed by atoms with Crippen LogP contribution in [0.5, 0.6) is 0 Å². The first kappa shape index (κ1) is 106. The molecule has 17 nitrogen and oxygen atoms in total. The Morgan fingerprint density at radius 2 is 0.472 bits per heavy atom. The van der Waals surface area contributed by atoms with Crippen molar-refractivity contribution in [3.8, 4) is 0 Å². The lowest BCUT2D eigenvalue weighted by molar-refractivity contribution is -0.161. The van der Waals surface area contributed by atoms with Gasteiger partial charge in [0.2, 0.25) is 0 Å². The fourth-order valence-electron chi connectivity index (χ4n) is 13.9. The minimum Gasteiger partial charge on any atom is -0.462 e. The molecule has 0 aliphatic carbocycles. The average Bonchev–Trinajstić information content (AvgIpc) is 0.904. The molecule has 0 amide bonds. The third kappa shape index (κ3) is 80.7. The molecule has 19 heteroatoms. The normalized spacial score (nSPS) is 14.0. The number of carbonyl (C=O) groups is 4. The summed E-state index contributed by atoms with van der Waals surface area (Å²) in [6, 6.07) is 0. The Kier molecular flexibility index (Phi) is 78.8. The number of aliphatic hydroxyl groups is 1. The summed E-state index contributed by atoms with van der Waals surface area (Å²) in [6.07, 6.45) is 73.8. The molecule has 0 radical (unpaired) electrons. The number of esters is 4. The van der Waals surface area contributed by atoms with Gasteiger partial charge in [-0.25, -0.2) is 9.13 Å². The SMILES string of the molecule is CCCCCCCCCCCCCCCCCCCCCCCCC(=O)OC[C@H](COP(=O)(O)OC[C@@H](O)COP(=O)(O)OC[C@@H](COC(=O)CCCCCCCCCC(C)C)OC(=O)CCCCCCCCCCCCCCCC)OC(=O)CCCCCCCCCCCCCCCCCCCCC(C)CC. The Bertz CT molecular complexity index is 2070. The Morgan fingerprint density at radius 3 is 0.704 bits per heavy atom. The minimum atomic E-state index is -4.97. The van der Waals surface area contributed by atoms with Gasteiger partial charge in [-0.15, -0.1) is 0 Å². The van der Waals surface area contributed by atoms with Crippen molar-refractivity contribution < 1.29 is 80.2 Å². The van der Waals surface area contributed by atoms with E-state index in [4.69, 9.17) is 37.0 Å². The summed E-state index contributed by atoms with van der Waals surface area (Å²) >= 11 is 0. The highest BCUT2D eigenvalue weighted by atomic mass is 31.2. The van der Waals surface area contributed by atoms with Gasteiger partial charge in [-0.1, -0.05) is 427 Å². The standard InChI is InChI=1S/C89H174O17P2/c1-7-10-12-14-16-18-20-22-24-25-26-27-28-29-33-36-40-43-47-53-59-65-71-86(91)99-77-84(105-88(93)74-68-62-55-49-45-41-37-34-31-30-32-35-38-42-46-52-58-64-70-82(6)9-3)79-103-107(95,96)101-75-83(90)76-102-108(97,98)104-80-85(78-100-87(92)72-66-60-56-50-51-57-63-69-81(4)5)106-89(94)73-67-61-54-48-44-39-23-21-19-17-15-13-11-8-2/h81-85,90H,7-80H2,1-6H3,(H,95,96)(H,97,98)/t82?,83-,84-,85-/m1/s1. The van der Waals surface area contributed by atoms with Gasteiger partial charge < -0.3 is 33.8 Å². The summed E-state index contributed by atoms with van der Waals surface area (Å²) in [5, 5.41) is 10.7. The first-order valence-electron chi connectivity index (χ1n) is 46.0. The van der Waals surface area contributed by atoms with Crippen LogP contribution in [0.1, 0.15) is 478 Å². The highest BCUT2D eigenvalue weighted by Gasteiger charge is 2.31. The zero-order valence-electron chi connectivity index (χ0n) is 71.2. The zero-order valence-corrected chi connectivity index (χ0v) is 73.0. The van der Waals surface area contributed by atoms with Crippen molar-refractivity contribution in [2.75, 3.05) is 39.6 Å². The third-order valence-electron chi connectivity index (χ3n) is 21.3. The van der Waals surface area contributed by atoms with Crippen LogP contribution in [-0.4, -0.2) is 96.7 Å². The molecule has 0 heterocycles. The molecule has 0 spiro atoms. The van der Waals surface area contributed by atoms with E-state index in [0.717, 1.165) is 102 Å². The van der Waals surface area contributed by atoms with Crippen LogP contribution in [0.15, 0.2) is 0 Å². The van der Waals surface area contributed by atoms with Crippen molar-refractivity contribution in [1.82, 2.24) is 0 Å². The lowest BCUT2D eigenvalue weighted by Gasteiger charge is -2.21. The van der Waals surface area contributed by atoms with Gasteiger partial charge in [0.05, 0.1) is 26.4 Å².